The minimum absolute atomic E-state index is 0.102. The average molecular weight is 387 g/mol. The molecule has 0 saturated carbocycles. The highest BCUT2D eigenvalue weighted by Gasteiger charge is 2.24. The van der Waals surface area contributed by atoms with Gasteiger partial charge in [-0.1, -0.05) is 24.3 Å². The number of aromatic nitrogens is 2. The fourth-order valence-corrected chi connectivity index (χ4v) is 3.84. The van der Waals surface area contributed by atoms with E-state index in [1.54, 1.807) is 23.3 Å². The number of ether oxygens (including phenoxy) is 1. The third-order valence-corrected chi connectivity index (χ3v) is 5.25. The summed E-state index contributed by atoms with van der Waals surface area (Å²) in [7, 11) is 0. The Morgan fingerprint density at radius 2 is 2.21 bits per heavy atom. The van der Waals surface area contributed by atoms with E-state index in [0.717, 1.165) is 29.8 Å². The molecular formula is C22H21N5O2. The number of aryl methyl sites for hydroxylation is 1. The Kier molecular flexibility index (Phi) is 4.48. The number of carbonyl (C=O) groups is 1. The normalized spacial score (nSPS) is 18.5. The standard InChI is InChI=1S/C22H21N5O2/c28-21(12-27-10-9-23-14-27)24-17-6-8-19-16(11-17)13-29-22(25-19)26-20-7-5-15-3-1-2-4-18(15)20/h1-4,6,8-11,14,20H,5,7,12-13H2,(H,24,28)(H,25,26). The number of hydrogen-bond acceptors (Lipinski definition) is 4. The first kappa shape index (κ1) is 17.5. The van der Waals surface area contributed by atoms with E-state index < -0.39 is 0 Å². The molecule has 0 spiro atoms. The van der Waals surface area contributed by atoms with Gasteiger partial charge in [0.2, 0.25) is 5.91 Å². The van der Waals surface area contributed by atoms with Crippen LogP contribution in [0.3, 0.4) is 0 Å². The van der Waals surface area contributed by atoms with Crippen LogP contribution in [0.2, 0.25) is 0 Å². The molecule has 1 atom stereocenters. The third-order valence-electron chi connectivity index (χ3n) is 5.25. The van der Waals surface area contributed by atoms with Crippen LogP contribution in [-0.2, 0) is 29.1 Å². The molecule has 2 aromatic carbocycles. The van der Waals surface area contributed by atoms with E-state index in [1.165, 1.54) is 11.1 Å². The summed E-state index contributed by atoms with van der Waals surface area (Å²) in [5.41, 5.74) is 5.33. The maximum absolute atomic E-state index is 12.2. The van der Waals surface area contributed by atoms with Crippen molar-refractivity contribution in [2.75, 3.05) is 10.6 Å². The lowest BCUT2D eigenvalue weighted by atomic mass is 10.1. The quantitative estimate of drug-likeness (QED) is 0.718. The summed E-state index contributed by atoms with van der Waals surface area (Å²) in [6.45, 7) is 0.645. The number of nitrogens with one attached hydrogen (secondary N) is 2. The maximum atomic E-state index is 12.2. The summed E-state index contributed by atoms with van der Waals surface area (Å²) >= 11 is 0. The van der Waals surface area contributed by atoms with Crippen molar-refractivity contribution in [2.24, 2.45) is 4.99 Å². The van der Waals surface area contributed by atoms with Crippen LogP contribution in [0.5, 0.6) is 0 Å². The highest BCUT2D eigenvalue weighted by molar-refractivity contribution is 5.94. The summed E-state index contributed by atoms with van der Waals surface area (Å²) in [5, 5.41) is 6.18. The topological polar surface area (TPSA) is 80.5 Å². The van der Waals surface area contributed by atoms with Gasteiger partial charge in [0, 0.05) is 29.3 Å². The highest BCUT2D eigenvalue weighted by atomic mass is 16.5. The molecule has 29 heavy (non-hydrogen) atoms. The van der Waals surface area contributed by atoms with Gasteiger partial charge in [0.1, 0.15) is 13.2 Å². The van der Waals surface area contributed by atoms with Gasteiger partial charge in [0.25, 0.3) is 6.02 Å². The minimum atomic E-state index is -0.102. The van der Waals surface area contributed by atoms with Gasteiger partial charge in [-0.25, -0.2) is 9.98 Å². The zero-order chi connectivity index (χ0) is 19.6. The molecule has 5 rings (SSSR count). The van der Waals surface area contributed by atoms with Crippen LogP contribution >= 0.6 is 0 Å². The third kappa shape index (κ3) is 3.71. The molecule has 146 valence electrons. The largest absolute Gasteiger partial charge is 0.460 e. The van der Waals surface area contributed by atoms with E-state index in [9.17, 15) is 4.79 Å². The van der Waals surface area contributed by atoms with E-state index in [4.69, 9.17) is 9.73 Å². The monoisotopic (exact) mass is 387 g/mol. The van der Waals surface area contributed by atoms with E-state index >= 15 is 0 Å². The number of imidazole rings is 1. The molecule has 7 heteroatoms. The Labute approximate surface area is 168 Å². The second-order valence-corrected chi connectivity index (χ2v) is 7.26. The van der Waals surface area contributed by atoms with E-state index in [1.807, 2.05) is 18.2 Å². The SMILES string of the molecule is O=C(Cn1ccnc1)Nc1ccc2c(c1)COC(=NC1CCc3ccccc31)N2. The van der Waals surface area contributed by atoms with Gasteiger partial charge >= 0.3 is 0 Å². The van der Waals surface area contributed by atoms with Crippen LogP contribution < -0.4 is 10.6 Å². The molecule has 1 amide bonds. The molecule has 7 nitrogen and oxygen atoms in total. The summed E-state index contributed by atoms with van der Waals surface area (Å²) in [6, 6.07) is 14.9. The van der Waals surface area contributed by atoms with Gasteiger partial charge in [0.15, 0.2) is 0 Å². The van der Waals surface area contributed by atoms with Crippen molar-refractivity contribution >= 4 is 23.3 Å². The lowest BCUT2D eigenvalue weighted by Crippen LogP contribution is -2.24. The van der Waals surface area contributed by atoms with Crippen molar-refractivity contribution in [3.05, 3.63) is 77.9 Å². The lowest BCUT2D eigenvalue weighted by molar-refractivity contribution is -0.116. The fraction of sp³-hybridized carbons (Fsp3) is 0.227. The number of nitrogens with zero attached hydrogens (tertiary/aromatic N) is 3. The first-order chi connectivity index (χ1) is 14.2. The van der Waals surface area contributed by atoms with Gasteiger partial charge in [-0.2, -0.15) is 0 Å². The Morgan fingerprint density at radius 3 is 3.10 bits per heavy atom. The molecule has 0 fully saturated rings. The number of rotatable bonds is 4. The predicted molar refractivity (Wildman–Crippen MR) is 111 cm³/mol. The van der Waals surface area contributed by atoms with Crippen molar-refractivity contribution < 1.29 is 9.53 Å². The molecular weight excluding hydrogens is 366 g/mol. The number of hydrogen-bond donors (Lipinski definition) is 2. The predicted octanol–water partition coefficient (Wildman–Crippen LogP) is 3.51. The highest BCUT2D eigenvalue weighted by Crippen LogP contribution is 2.34. The van der Waals surface area contributed by atoms with E-state index in [2.05, 4.69) is 39.9 Å². The molecule has 0 saturated heterocycles. The van der Waals surface area contributed by atoms with Crippen LogP contribution in [0.25, 0.3) is 0 Å². The van der Waals surface area contributed by atoms with Crippen LogP contribution in [-0.4, -0.2) is 21.5 Å². The average Bonchev–Trinajstić information content (AvgIpc) is 3.38. The molecule has 0 bridgehead atoms. The van der Waals surface area contributed by atoms with Crippen LogP contribution in [0.4, 0.5) is 11.4 Å². The maximum Gasteiger partial charge on any atom is 0.290 e. The van der Waals surface area contributed by atoms with Crippen LogP contribution in [0, 0.1) is 0 Å². The van der Waals surface area contributed by atoms with Crippen molar-refractivity contribution in [2.45, 2.75) is 32.0 Å². The van der Waals surface area contributed by atoms with Gasteiger partial charge in [-0.05, 0) is 42.2 Å². The molecule has 1 unspecified atom stereocenters. The second-order valence-electron chi connectivity index (χ2n) is 7.26. The molecule has 2 N–H and O–H groups in total. The van der Waals surface area contributed by atoms with Gasteiger partial charge in [0.05, 0.1) is 12.4 Å². The number of aliphatic imine (C=N–C) groups is 1. The fourth-order valence-electron chi connectivity index (χ4n) is 3.84. The smallest absolute Gasteiger partial charge is 0.290 e. The van der Waals surface area contributed by atoms with Crippen molar-refractivity contribution in [1.82, 2.24) is 9.55 Å². The first-order valence-corrected chi connectivity index (χ1v) is 9.68. The first-order valence-electron chi connectivity index (χ1n) is 9.68. The Balaban J connectivity index is 1.26. The number of amidine groups is 1. The summed E-state index contributed by atoms with van der Waals surface area (Å²) in [6.07, 6.45) is 7.08. The molecule has 3 aromatic rings. The zero-order valence-corrected chi connectivity index (χ0v) is 15.8. The Bertz CT molecular complexity index is 1070. The van der Waals surface area contributed by atoms with Crippen molar-refractivity contribution in [3.63, 3.8) is 0 Å². The van der Waals surface area contributed by atoms with Crippen molar-refractivity contribution in [1.29, 1.82) is 0 Å². The minimum Gasteiger partial charge on any atom is -0.460 e. The Hall–Kier alpha value is -3.61. The van der Waals surface area contributed by atoms with Gasteiger partial charge in [-0.15, -0.1) is 0 Å². The summed E-state index contributed by atoms with van der Waals surface area (Å²) in [4.78, 5) is 20.9. The molecule has 1 aliphatic heterocycles. The van der Waals surface area contributed by atoms with Gasteiger partial charge < -0.3 is 19.9 Å². The molecule has 0 radical (unpaired) electrons. The molecule has 1 aliphatic carbocycles. The van der Waals surface area contributed by atoms with Crippen molar-refractivity contribution in [3.8, 4) is 0 Å². The number of amides is 1. The molecule has 1 aromatic heterocycles. The zero-order valence-electron chi connectivity index (χ0n) is 15.8. The molecule has 2 aliphatic rings. The van der Waals surface area contributed by atoms with Crippen LogP contribution in [0.15, 0.2) is 66.2 Å². The number of fused-ring (bicyclic) bond motifs is 2. The van der Waals surface area contributed by atoms with Gasteiger partial charge in [-0.3, -0.25) is 4.79 Å². The summed E-state index contributed by atoms with van der Waals surface area (Å²) in [5.74, 6) is -0.102. The summed E-state index contributed by atoms with van der Waals surface area (Å²) < 4.78 is 7.56. The van der Waals surface area contributed by atoms with E-state index in [0.29, 0.717) is 12.6 Å². The van der Waals surface area contributed by atoms with Crippen LogP contribution in [0.1, 0.15) is 29.2 Å². The van der Waals surface area contributed by atoms with E-state index in [-0.39, 0.29) is 18.5 Å². The molecule has 2 heterocycles. The Morgan fingerprint density at radius 1 is 1.28 bits per heavy atom. The number of carbonyl (C=O) groups excluding carboxylic acids is 1. The number of anilines is 2. The second kappa shape index (κ2) is 7.43. The lowest BCUT2D eigenvalue weighted by Gasteiger charge is -2.22. The number of benzene rings is 2.